The van der Waals surface area contributed by atoms with E-state index in [1.54, 1.807) is 60.7 Å². The zero-order chi connectivity index (χ0) is 63.2. The van der Waals surface area contributed by atoms with Gasteiger partial charge in [-0.05, 0) is 139 Å². The van der Waals surface area contributed by atoms with Crippen molar-refractivity contribution in [2.24, 2.45) is 0 Å². The average molecular weight is 1210 g/mol. The third-order valence-electron chi connectivity index (χ3n) is 16.0. The molecule has 0 saturated heterocycles. The molecular formula is C79H61N5O8. The summed E-state index contributed by atoms with van der Waals surface area (Å²) in [7, 11) is 0. The topological polar surface area (TPSA) is 130 Å². The second-order valence-electron chi connectivity index (χ2n) is 23.8. The molecule has 1 unspecified atom stereocenters. The van der Waals surface area contributed by atoms with E-state index in [1.165, 1.54) is 0 Å². The fourth-order valence-corrected chi connectivity index (χ4v) is 12.0. The third-order valence-corrected chi connectivity index (χ3v) is 16.0. The first-order chi connectivity index (χ1) is 44.8. The molecule has 13 nitrogen and oxygen atoms in total. The second kappa shape index (κ2) is 25.2. The molecule has 0 fully saturated rings. The predicted molar refractivity (Wildman–Crippen MR) is 357 cm³/mol. The second-order valence-corrected chi connectivity index (χ2v) is 23.8. The Morgan fingerprint density at radius 1 is 0.391 bits per heavy atom. The van der Waals surface area contributed by atoms with Crippen molar-refractivity contribution < 1.29 is 37.9 Å². The summed E-state index contributed by atoms with van der Waals surface area (Å²) in [6, 6.07) is 80.1. The largest absolute Gasteiger partial charge is 0.468 e. The Hall–Kier alpha value is -12.1. The molecule has 2 heterocycles. The van der Waals surface area contributed by atoms with Crippen LogP contribution in [0.3, 0.4) is 0 Å². The molecule has 13 heteroatoms. The van der Waals surface area contributed by atoms with E-state index in [1.807, 2.05) is 176 Å². The smallest absolute Gasteiger partial charge is 0.270 e. The standard InChI is InChI=1S/C79H61N5O8/c1-77(2)50-79(91-67-41-40-61(46-63(67)77)86-66-35-19-34-65(62(66)49-80)85-59-32-17-29-56(44-59)83-54-25-12-8-13-26-54)51-78(3,4)64-47-73(89-70-38-20-36-68(75(70)81-5)87-58-31-16-24-53(43-58)42-52-22-10-7-11-23-52)74(48-72(64)92-79)90-71-39-21-37-69(76(71)82-6)88-60-33-18-30-57(45-60)84-55-27-14-9-15-28-55/h7-41,43-48,83-84H,42,50-51H2,1-4H3. The molecule has 2 N–H and O–H groups in total. The third kappa shape index (κ3) is 12.9. The van der Waals surface area contributed by atoms with E-state index in [-0.39, 0.29) is 45.7 Å². The summed E-state index contributed by atoms with van der Waals surface area (Å²) < 4.78 is 53.9. The molecule has 0 saturated carbocycles. The summed E-state index contributed by atoms with van der Waals surface area (Å²) in [5, 5.41) is 17.3. The highest BCUT2D eigenvalue weighted by Crippen LogP contribution is 2.57. The van der Waals surface area contributed by atoms with Crippen LogP contribution in [0.2, 0.25) is 0 Å². The van der Waals surface area contributed by atoms with Gasteiger partial charge in [0.1, 0.15) is 80.6 Å². The van der Waals surface area contributed by atoms with Gasteiger partial charge in [0.25, 0.3) is 17.2 Å². The Balaban J connectivity index is 0.809. The highest BCUT2D eigenvalue weighted by molar-refractivity contribution is 5.72. The summed E-state index contributed by atoms with van der Waals surface area (Å²) in [4.78, 5) is 7.94. The van der Waals surface area contributed by atoms with Crippen molar-refractivity contribution in [3.63, 3.8) is 0 Å². The molecule has 0 amide bonds. The quantitative estimate of drug-likeness (QED) is 0.0796. The number of hydrogen-bond acceptors (Lipinski definition) is 11. The van der Waals surface area contributed by atoms with Crippen molar-refractivity contribution in [1.82, 2.24) is 0 Å². The molecule has 0 aliphatic carbocycles. The van der Waals surface area contributed by atoms with Gasteiger partial charge < -0.3 is 48.5 Å². The minimum Gasteiger partial charge on any atom is -0.468 e. The SMILES string of the molecule is [C-]#[N+]c1c(Oc2cccc(Nc3ccccc3)c2)cccc1Oc1cc2c(cc1Oc1cccc(Oc3cccc(Cc4ccccc4)c3)c1[N+]#[C-])C(C)(C)CC1(CC(C)(C)c3cc(Oc4cccc(Oc5cccc(Nc6ccccc6)c5)c4C#N)ccc3O1)O2. The molecule has 92 heavy (non-hydrogen) atoms. The maximum Gasteiger partial charge on any atom is 0.270 e. The summed E-state index contributed by atoms with van der Waals surface area (Å²) in [5.41, 5.74) is 6.74. The fraction of sp³-hybridized carbons (Fsp3) is 0.127. The normalized spacial score (nSPS) is 14.6. The van der Waals surface area contributed by atoms with Crippen molar-refractivity contribution in [3.05, 3.63) is 299 Å². The number of nitrogens with one attached hydrogen (secondary N) is 2. The number of benzene rings is 11. The maximum atomic E-state index is 10.5. The Kier molecular flexibility index (Phi) is 16.1. The zero-order valence-corrected chi connectivity index (χ0v) is 50.9. The Morgan fingerprint density at radius 3 is 1.32 bits per heavy atom. The zero-order valence-electron chi connectivity index (χ0n) is 50.9. The van der Waals surface area contributed by atoms with E-state index < -0.39 is 16.6 Å². The van der Waals surface area contributed by atoms with Crippen LogP contribution < -0.4 is 48.5 Å². The monoisotopic (exact) mass is 1210 g/mol. The van der Waals surface area contributed by atoms with Gasteiger partial charge in [-0.15, -0.1) is 0 Å². The number of rotatable bonds is 18. The van der Waals surface area contributed by atoms with Gasteiger partial charge in [-0.1, -0.05) is 137 Å². The first-order valence-corrected chi connectivity index (χ1v) is 30.1. The predicted octanol–water partition coefficient (Wildman–Crippen LogP) is 22.0. The minimum atomic E-state index is -1.18. The van der Waals surface area contributed by atoms with Gasteiger partial charge in [0, 0.05) is 75.7 Å². The van der Waals surface area contributed by atoms with Crippen LogP contribution in [-0.4, -0.2) is 5.79 Å². The summed E-state index contributed by atoms with van der Waals surface area (Å²) in [6.07, 6.45) is 1.57. The number of anilines is 4. The number of ether oxygens (including phenoxy) is 8. The maximum absolute atomic E-state index is 10.5. The van der Waals surface area contributed by atoms with Crippen LogP contribution in [0.15, 0.2) is 249 Å². The van der Waals surface area contributed by atoms with Gasteiger partial charge in [0.05, 0.1) is 13.1 Å². The van der Waals surface area contributed by atoms with Crippen molar-refractivity contribution in [3.8, 4) is 86.6 Å². The van der Waals surface area contributed by atoms with Crippen molar-refractivity contribution in [2.75, 3.05) is 10.6 Å². The number of nitriles is 1. The summed E-state index contributed by atoms with van der Waals surface area (Å²) >= 11 is 0. The highest BCUT2D eigenvalue weighted by Gasteiger charge is 2.54. The number of para-hydroxylation sites is 4. The molecule has 0 aromatic heterocycles. The Bertz CT molecular complexity index is 4690. The fourth-order valence-electron chi connectivity index (χ4n) is 12.0. The van der Waals surface area contributed by atoms with Crippen LogP contribution in [0.1, 0.15) is 68.4 Å². The van der Waals surface area contributed by atoms with Crippen LogP contribution in [0.5, 0.6) is 80.5 Å². The van der Waals surface area contributed by atoms with Crippen LogP contribution >= 0.6 is 0 Å². The van der Waals surface area contributed by atoms with E-state index in [0.29, 0.717) is 71.0 Å². The lowest BCUT2D eigenvalue weighted by Gasteiger charge is -2.51. The highest BCUT2D eigenvalue weighted by atomic mass is 16.7. The molecular weight excluding hydrogens is 1150 g/mol. The lowest BCUT2D eigenvalue weighted by molar-refractivity contribution is -0.166. The molecule has 0 bridgehead atoms. The van der Waals surface area contributed by atoms with Crippen molar-refractivity contribution in [2.45, 2.75) is 63.6 Å². The summed E-state index contributed by atoms with van der Waals surface area (Å²) in [6.45, 7) is 25.6. The van der Waals surface area contributed by atoms with Gasteiger partial charge in [-0.2, -0.15) is 5.26 Å². The molecule has 0 radical (unpaired) electrons. The van der Waals surface area contributed by atoms with Crippen LogP contribution in [-0.2, 0) is 17.3 Å². The Labute approximate surface area is 534 Å². The average Bonchev–Trinajstić information content (AvgIpc) is 0.752. The van der Waals surface area contributed by atoms with Crippen molar-refractivity contribution in [1.29, 1.82) is 5.26 Å². The van der Waals surface area contributed by atoms with Gasteiger partial charge in [-0.25, -0.2) is 9.69 Å². The van der Waals surface area contributed by atoms with Gasteiger partial charge >= 0.3 is 0 Å². The first kappa shape index (κ1) is 58.9. The van der Waals surface area contributed by atoms with E-state index in [9.17, 15) is 5.26 Å². The number of fused-ring (bicyclic) bond motifs is 2. The number of nitrogens with zero attached hydrogens (tertiary/aromatic N) is 3. The summed E-state index contributed by atoms with van der Waals surface area (Å²) in [5.74, 6) is 4.18. The van der Waals surface area contributed by atoms with E-state index in [0.717, 1.165) is 45.0 Å². The molecule has 1 atom stereocenters. The molecule has 450 valence electrons. The molecule has 2 aliphatic rings. The van der Waals surface area contributed by atoms with Crippen LogP contribution in [0, 0.1) is 24.5 Å². The van der Waals surface area contributed by atoms with Crippen LogP contribution in [0.25, 0.3) is 9.69 Å². The van der Waals surface area contributed by atoms with E-state index in [4.69, 9.17) is 51.0 Å². The van der Waals surface area contributed by atoms with E-state index >= 15 is 0 Å². The van der Waals surface area contributed by atoms with Gasteiger partial charge in [-0.3, -0.25) is 0 Å². The lowest BCUT2D eigenvalue weighted by atomic mass is 9.69. The molecule has 11 aromatic rings. The number of hydrogen-bond donors (Lipinski definition) is 2. The van der Waals surface area contributed by atoms with Crippen LogP contribution in [0.4, 0.5) is 34.1 Å². The van der Waals surface area contributed by atoms with Gasteiger partial charge in [0.2, 0.25) is 0 Å². The van der Waals surface area contributed by atoms with E-state index in [2.05, 4.69) is 66.2 Å². The lowest BCUT2D eigenvalue weighted by Crippen LogP contribution is -2.55. The molecule has 11 aromatic carbocycles. The first-order valence-electron chi connectivity index (χ1n) is 30.1. The van der Waals surface area contributed by atoms with Crippen molar-refractivity contribution >= 4 is 34.1 Å². The Morgan fingerprint density at radius 2 is 0.793 bits per heavy atom. The molecule has 13 rings (SSSR count). The molecule has 2 aliphatic heterocycles. The molecule has 1 spiro atoms. The minimum absolute atomic E-state index is 0.113. The van der Waals surface area contributed by atoms with Gasteiger partial charge in [0.15, 0.2) is 11.5 Å².